The first-order valence-corrected chi connectivity index (χ1v) is 26.4. The van der Waals surface area contributed by atoms with E-state index in [1.807, 2.05) is 47.1 Å². The van der Waals surface area contributed by atoms with Crippen molar-refractivity contribution in [1.82, 2.24) is 29.5 Å². The minimum absolute atomic E-state index is 0.127. The van der Waals surface area contributed by atoms with Crippen LogP contribution in [0.4, 0.5) is 17.2 Å². The number of aromatic nitrogens is 4. The van der Waals surface area contributed by atoms with Gasteiger partial charge in [0.2, 0.25) is 23.3 Å². The molecular weight excluding hydrogens is 896 g/mol. The molecule has 2 aromatic heterocycles. The maximum Gasteiger partial charge on any atom is 0.233 e. The van der Waals surface area contributed by atoms with Crippen LogP contribution in [0.2, 0.25) is 5.02 Å². The number of piperidine rings is 2. The zero-order valence-electron chi connectivity index (χ0n) is 41.5. The minimum Gasteiger partial charge on any atom is -0.473 e. The summed E-state index contributed by atoms with van der Waals surface area (Å²) in [6.45, 7) is 14.6. The van der Waals surface area contributed by atoms with Gasteiger partial charge >= 0.3 is 0 Å². The van der Waals surface area contributed by atoms with Crippen molar-refractivity contribution >= 4 is 46.8 Å². The lowest BCUT2D eigenvalue weighted by molar-refractivity contribution is -0.479. The molecule has 1 spiro atoms. The number of nitrogens with zero attached hydrogens (tertiary/aromatic N) is 12. The number of halogens is 1. The van der Waals surface area contributed by atoms with Crippen LogP contribution in [-0.2, 0) is 18.3 Å². The number of amidine groups is 1. The molecule has 0 unspecified atom stereocenters. The van der Waals surface area contributed by atoms with Crippen LogP contribution in [0, 0.1) is 35.5 Å². The average molecular weight is 965 g/mol. The van der Waals surface area contributed by atoms with Gasteiger partial charge in [-0.15, -0.1) is 10.2 Å². The van der Waals surface area contributed by atoms with Crippen molar-refractivity contribution in [3.05, 3.63) is 88.0 Å². The molecule has 8 heterocycles. The number of anilines is 3. The van der Waals surface area contributed by atoms with Gasteiger partial charge in [0.25, 0.3) is 0 Å². The molecule has 3 saturated heterocycles. The fourth-order valence-corrected chi connectivity index (χ4v) is 13.1. The highest BCUT2D eigenvalue weighted by atomic mass is 35.5. The van der Waals surface area contributed by atoms with Gasteiger partial charge in [-0.1, -0.05) is 16.3 Å². The van der Waals surface area contributed by atoms with Crippen molar-refractivity contribution < 1.29 is 14.2 Å². The van der Waals surface area contributed by atoms with Gasteiger partial charge in [0.05, 0.1) is 41.1 Å². The third-order valence-electron chi connectivity index (χ3n) is 16.8. The molecule has 4 fully saturated rings. The second kappa shape index (κ2) is 19.4. The van der Waals surface area contributed by atoms with Gasteiger partial charge in [0.1, 0.15) is 12.2 Å². The van der Waals surface area contributed by atoms with Gasteiger partial charge in [-0.2, -0.15) is 5.26 Å². The molecule has 1 amide bonds. The molecule has 2 aromatic carbocycles. The lowest BCUT2D eigenvalue weighted by Crippen LogP contribution is -2.42. The number of hydrazone groups is 1. The highest BCUT2D eigenvalue weighted by molar-refractivity contribution is 6.32. The number of nitriles is 1. The van der Waals surface area contributed by atoms with Gasteiger partial charge in [-0.05, 0) is 143 Å². The van der Waals surface area contributed by atoms with Crippen molar-refractivity contribution in [3.63, 3.8) is 0 Å². The molecule has 14 nitrogen and oxygen atoms in total. The molecule has 7 aliphatic rings. The molecule has 1 saturated carbocycles. The van der Waals surface area contributed by atoms with Gasteiger partial charge in [-0.25, -0.2) is 4.98 Å². The fraction of sp³-hybridized carbons (Fsp3) is 0.545. The SMILES string of the molecule is CC(=O)N1CCC2=C(C1)C(N1CCCc3cc(-c4cn(C)cn4)c(C)cc31)=N/[N+]2=C\C1CCC(CN2CCC(Oc3ccc(N4CCC5(CC4)C[C@H](C)N(c4ccc(C#N)c(Cl)c4)C5)nn3)CC2)CC1. The Bertz CT molecular complexity index is 2750. The predicted molar refractivity (Wildman–Crippen MR) is 276 cm³/mol. The van der Waals surface area contributed by atoms with E-state index < -0.39 is 0 Å². The first-order chi connectivity index (χ1) is 34.0. The van der Waals surface area contributed by atoms with Crippen LogP contribution in [0.3, 0.4) is 0 Å². The molecule has 366 valence electrons. The Hall–Kier alpha value is -5.78. The third-order valence-corrected chi connectivity index (χ3v) is 17.1. The van der Waals surface area contributed by atoms with Gasteiger partial charge in [-0.3, -0.25) is 4.79 Å². The van der Waals surface area contributed by atoms with Crippen LogP contribution in [0.15, 0.2) is 71.4 Å². The molecule has 70 heavy (non-hydrogen) atoms. The summed E-state index contributed by atoms with van der Waals surface area (Å²) in [5, 5.41) is 24.5. The van der Waals surface area contributed by atoms with Crippen LogP contribution >= 0.6 is 11.6 Å². The maximum absolute atomic E-state index is 12.7. The Morgan fingerprint density at radius 2 is 1.80 bits per heavy atom. The third kappa shape index (κ3) is 9.43. The first-order valence-electron chi connectivity index (χ1n) is 26.0. The molecular formula is C55H68ClN12O2+. The van der Waals surface area contributed by atoms with E-state index in [1.165, 1.54) is 59.3 Å². The first kappa shape index (κ1) is 46.6. The molecule has 6 aliphatic heterocycles. The molecule has 0 N–H and O–H groups in total. The summed E-state index contributed by atoms with van der Waals surface area (Å²) in [6, 6.07) is 17.2. The number of amides is 1. The second-order valence-electron chi connectivity index (χ2n) is 21.6. The summed E-state index contributed by atoms with van der Waals surface area (Å²) in [6.07, 6.45) is 19.6. The maximum atomic E-state index is 12.7. The number of hydrogen-bond donors (Lipinski definition) is 0. The largest absolute Gasteiger partial charge is 0.473 e. The molecule has 0 radical (unpaired) electrons. The van der Waals surface area contributed by atoms with E-state index >= 15 is 0 Å². The molecule has 1 aliphatic carbocycles. The normalized spacial score (nSPS) is 24.5. The molecule has 0 bridgehead atoms. The summed E-state index contributed by atoms with van der Waals surface area (Å²) in [5.41, 5.74) is 10.4. The summed E-state index contributed by atoms with van der Waals surface area (Å²) in [5.74, 6) is 3.88. The number of ether oxygens (including phenoxy) is 1. The second-order valence-corrected chi connectivity index (χ2v) is 22.0. The van der Waals surface area contributed by atoms with E-state index in [1.54, 1.807) is 6.92 Å². The molecule has 11 rings (SSSR count). The van der Waals surface area contributed by atoms with Gasteiger partial charge < -0.3 is 33.8 Å². The van der Waals surface area contributed by atoms with Crippen LogP contribution in [0.5, 0.6) is 5.88 Å². The van der Waals surface area contributed by atoms with Crippen molar-refractivity contribution in [2.75, 3.05) is 73.6 Å². The molecule has 1 atom stereocenters. The Morgan fingerprint density at radius 3 is 2.51 bits per heavy atom. The summed E-state index contributed by atoms with van der Waals surface area (Å²) in [7, 11) is 2.02. The zero-order chi connectivity index (χ0) is 48.1. The molecule has 15 heteroatoms. The zero-order valence-corrected chi connectivity index (χ0v) is 42.2. The van der Waals surface area contributed by atoms with Crippen LogP contribution in [0.25, 0.3) is 11.3 Å². The monoisotopic (exact) mass is 964 g/mol. The summed E-state index contributed by atoms with van der Waals surface area (Å²) < 4.78 is 10.7. The van der Waals surface area contributed by atoms with Crippen molar-refractivity contribution in [3.8, 4) is 23.2 Å². The lowest BCUT2D eigenvalue weighted by Gasteiger charge is -2.39. The van der Waals surface area contributed by atoms with E-state index in [9.17, 15) is 10.1 Å². The Morgan fingerprint density at radius 1 is 0.986 bits per heavy atom. The highest BCUT2D eigenvalue weighted by Crippen LogP contribution is 2.46. The van der Waals surface area contributed by atoms with Gasteiger partial charge in [0, 0.05) is 113 Å². The van der Waals surface area contributed by atoms with E-state index in [0.717, 1.165) is 127 Å². The minimum atomic E-state index is 0.127. The van der Waals surface area contributed by atoms with Crippen molar-refractivity contribution in [2.45, 2.75) is 110 Å². The fourth-order valence-electron chi connectivity index (χ4n) is 12.8. The number of aryl methyl sites for hydroxylation is 3. The van der Waals surface area contributed by atoms with E-state index in [2.05, 4.69) is 90.0 Å². The standard InChI is InChI=1S/C55H68ClN12O2/c1-37-26-51-42(27-46(37)49-34-62(4)36-58-49)6-5-20-66(51)54-47-33-65(39(3)69)23-17-50(47)68(61-54)32-41-9-7-40(8-10-41)31-63-21-15-45(16-22-63)70-53-14-13-52(59-60-53)64-24-18-55(19-25-64)29-38(2)67(35-55)44-12-11-43(30-57)48(56)28-44/h11-14,26-28,32,34,36,38,40-41,45H,5-10,15-25,29,31,33,35H2,1-4H3/q+1/b68-32-/t38-,40?,41?/m0/s1. The van der Waals surface area contributed by atoms with E-state index in [-0.39, 0.29) is 17.4 Å². The quantitative estimate of drug-likeness (QED) is 0.159. The average Bonchev–Trinajstić information content (AvgIpc) is 4.06. The highest BCUT2D eigenvalue weighted by Gasteiger charge is 2.45. The lowest BCUT2D eigenvalue weighted by atomic mass is 9.77. The van der Waals surface area contributed by atoms with Crippen molar-refractivity contribution in [2.24, 2.45) is 29.4 Å². The van der Waals surface area contributed by atoms with Crippen LogP contribution in [0.1, 0.15) is 101 Å². The summed E-state index contributed by atoms with van der Waals surface area (Å²) >= 11 is 6.41. The predicted octanol–water partition coefficient (Wildman–Crippen LogP) is 8.62. The topological polar surface area (TPSA) is 125 Å². The van der Waals surface area contributed by atoms with Gasteiger partial charge in [0.15, 0.2) is 12.0 Å². The number of carbonyl (C=O) groups excluding carboxylic acids is 1. The van der Waals surface area contributed by atoms with Crippen molar-refractivity contribution in [1.29, 1.82) is 5.26 Å². The number of hydrogen-bond acceptors (Lipinski definition) is 11. The molecule has 4 aromatic rings. The van der Waals surface area contributed by atoms with E-state index in [0.29, 0.717) is 40.9 Å². The Balaban J connectivity index is 0.657. The number of likely N-dealkylation sites (tertiary alicyclic amines) is 1. The Kier molecular flexibility index (Phi) is 12.9. The summed E-state index contributed by atoms with van der Waals surface area (Å²) in [4.78, 5) is 29.3. The number of benzene rings is 2. The Labute approximate surface area is 418 Å². The number of fused-ring (bicyclic) bond motifs is 1. The number of imidazole rings is 1. The number of carbonyl (C=O) groups is 1. The smallest absolute Gasteiger partial charge is 0.233 e. The van der Waals surface area contributed by atoms with Crippen LogP contribution in [-0.4, -0.2) is 123 Å². The van der Waals surface area contributed by atoms with E-state index in [4.69, 9.17) is 21.4 Å². The number of rotatable bonds is 8. The van der Waals surface area contributed by atoms with Crippen LogP contribution < -0.4 is 19.4 Å².